The van der Waals surface area contributed by atoms with Crippen LogP contribution < -0.4 is 15.5 Å². The van der Waals surface area contributed by atoms with Crippen molar-refractivity contribution >= 4 is 35.0 Å². The first kappa shape index (κ1) is 18.4. The lowest BCUT2D eigenvalue weighted by molar-refractivity contribution is -0.122. The van der Waals surface area contributed by atoms with Crippen molar-refractivity contribution in [3.05, 3.63) is 59.7 Å². The van der Waals surface area contributed by atoms with Crippen molar-refractivity contribution in [3.8, 4) is 0 Å². The van der Waals surface area contributed by atoms with E-state index in [1.807, 2.05) is 29.2 Å². The second kappa shape index (κ2) is 6.98. The molecule has 0 aliphatic carbocycles. The summed E-state index contributed by atoms with van der Waals surface area (Å²) < 4.78 is 0. The molecule has 2 unspecified atom stereocenters. The van der Waals surface area contributed by atoms with Gasteiger partial charge in [0.15, 0.2) is 0 Å². The Labute approximate surface area is 172 Å². The summed E-state index contributed by atoms with van der Waals surface area (Å²) in [6.45, 7) is 0.565. The number of anilines is 2. The van der Waals surface area contributed by atoms with E-state index in [0.717, 1.165) is 16.3 Å². The molecule has 0 bridgehead atoms. The maximum Gasteiger partial charge on any atom is 0.261 e. The normalized spacial score (nSPS) is 21.8. The van der Waals surface area contributed by atoms with E-state index in [4.69, 9.17) is 0 Å². The first-order chi connectivity index (χ1) is 14.5. The zero-order valence-electron chi connectivity index (χ0n) is 16.1. The molecule has 0 radical (unpaired) electrons. The summed E-state index contributed by atoms with van der Waals surface area (Å²) in [6, 6.07) is 13.8. The number of carbonyl (C=O) groups is 4. The standard InChI is InChI=1S/C22H20N4O4/c27-19(9-10-25-21(29)14-5-1-2-6-15(14)22(25)30)23-13-11-18-20(28)24-16-7-3-4-8-17(16)26(18)12-13/h1-8,13,18H,9-12H2,(H,23,27)(H,24,28). The molecule has 30 heavy (non-hydrogen) atoms. The highest BCUT2D eigenvalue weighted by atomic mass is 16.2. The molecule has 1 saturated heterocycles. The fourth-order valence-corrected chi connectivity index (χ4v) is 4.46. The van der Waals surface area contributed by atoms with Gasteiger partial charge in [-0.2, -0.15) is 0 Å². The van der Waals surface area contributed by atoms with Gasteiger partial charge in [-0.3, -0.25) is 24.1 Å². The van der Waals surface area contributed by atoms with Gasteiger partial charge in [-0.05, 0) is 30.7 Å². The highest BCUT2D eigenvalue weighted by Crippen LogP contribution is 2.36. The maximum atomic E-state index is 12.5. The monoisotopic (exact) mass is 404 g/mol. The number of imide groups is 1. The lowest BCUT2D eigenvalue weighted by Gasteiger charge is -2.32. The molecule has 0 saturated carbocycles. The first-order valence-electron chi connectivity index (χ1n) is 9.94. The van der Waals surface area contributed by atoms with Crippen LogP contribution in [0.2, 0.25) is 0 Å². The van der Waals surface area contributed by atoms with Crippen LogP contribution in [-0.4, -0.2) is 53.7 Å². The minimum Gasteiger partial charge on any atom is -0.356 e. The van der Waals surface area contributed by atoms with Gasteiger partial charge in [0.25, 0.3) is 11.8 Å². The summed E-state index contributed by atoms with van der Waals surface area (Å²) in [4.78, 5) is 52.9. The van der Waals surface area contributed by atoms with Crippen molar-refractivity contribution in [1.82, 2.24) is 10.2 Å². The molecular weight excluding hydrogens is 384 g/mol. The molecule has 2 aromatic carbocycles. The summed E-state index contributed by atoms with van der Waals surface area (Å²) in [6.07, 6.45) is 0.536. The minimum absolute atomic E-state index is 0.0232. The van der Waals surface area contributed by atoms with Crippen LogP contribution in [0.4, 0.5) is 11.4 Å². The molecule has 0 aromatic heterocycles. The second-order valence-electron chi connectivity index (χ2n) is 7.73. The number of benzene rings is 2. The fourth-order valence-electron chi connectivity index (χ4n) is 4.46. The Morgan fingerprint density at radius 1 is 1.00 bits per heavy atom. The van der Waals surface area contributed by atoms with Crippen molar-refractivity contribution in [1.29, 1.82) is 0 Å². The van der Waals surface area contributed by atoms with Gasteiger partial charge in [0, 0.05) is 25.6 Å². The van der Waals surface area contributed by atoms with Crippen molar-refractivity contribution in [2.24, 2.45) is 0 Å². The van der Waals surface area contributed by atoms with E-state index in [-0.39, 0.29) is 48.7 Å². The highest BCUT2D eigenvalue weighted by Gasteiger charge is 2.41. The molecule has 2 aromatic rings. The van der Waals surface area contributed by atoms with E-state index in [0.29, 0.717) is 24.1 Å². The molecule has 152 valence electrons. The van der Waals surface area contributed by atoms with Gasteiger partial charge in [-0.1, -0.05) is 24.3 Å². The number of nitrogens with zero attached hydrogens (tertiary/aromatic N) is 2. The molecule has 2 atom stereocenters. The van der Waals surface area contributed by atoms with Crippen molar-refractivity contribution in [2.75, 3.05) is 23.3 Å². The molecule has 8 nitrogen and oxygen atoms in total. The summed E-state index contributed by atoms with van der Waals surface area (Å²) in [5.74, 6) is -1.05. The van der Waals surface area contributed by atoms with Crippen LogP contribution in [-0.2, 0) is 9.59 Å². The van der Waals surface area contributed by atoms with Crippen molar-refractivity contribution < 1.29 is 19.2 Å². The molecule has 5 rings (SSSR count). The molecule has 8 heteroatoms. The SMILES string of the molecule is O=C(CCN1C(=O)c2ccccc2C1=O)NC1CC2C(=O)Nc3ccccc3N2C1. The Kier molecular flexibility index (Phi) is 4.27. The molecule has 1 fully saturated rings. The van der Waals surface area contributed by atoms with E-state index in [2.05, 4.69) is 10.6 Å². The van der Waals surface area contributed by atoms with Gasteiger partial charge in [-0.25, -0.2) is 0 Å². The van der Waals surface area contributed by atoms with Crippen LogP contribution >= 0.6 is 0 Å². The fraction of sp³-hybridized carbons (Fsp3) is 0.273. The summed E-state index contributed by atoms with van der Waals surface area (Å²) in [5.41, 5.74) is 2.47. The topological polar surface area (TPSA) is 98.8 Å². The second-order valence-corrected chi connectivity index (χ2v) is 7.73. The molecular formula is C22H20N4O4. The van der Waals surface area contributed by atoms with Crippen LogP contribution in [0.3, 0.4) is 0 Å². The Hall–Kier alpha value is -3.68. The van der Waals surface area contributed by atoms with Crippen LogP contribution in [0.25, 0.3) is 0 Å². The van der Waals surface area contributed by atoms with Crippen molar-refractivity contribution in [3.63, 3.8) is 0 Å². The predicted octanol–water partition coefficient (Wildman–Crippen LogP) is 1.39. The zero-order valence-corrected chi connectivity index (χ0v) is 16.1. The van der Waals surface area contributed by atoms with E-state index >= 15 is 0 Å². The maximum absolute atomic E-state index is 12.5. The Balaban J connectivity index is 1.20. The van der Waals surface area contributed by atoms with E-state index < -0.39 is 0 Å². The number of carbonyl (C=O) groups excluding carboxylic acids is 4. The van der Waals surface area contributed by atoms with Gasteiger partial charge in [0.2, 0.25) is 11.8 Å². The van der Waals surface area contributed by atoms with Crippen LogP contribution in [0.15, 0.2) is 48.5 Å². The smallest absolute Gasteiger partial charge is 0.261 e. The van der Waals surface area contributed by atoms with Gasteiger partial charge >= 0.3 is 0 Å². The molecule has 4 amide bonds. The third-order valence-electron chi connectivity index (χ3n) is 5.88. The average Bonchev–Trinajstić information content (AvgIpc) is 3.27. The minimum atomic E-state index is -0.366. The van der Waals surface area contributed by atoms with Crippen LogP contribution in [0.5, 0.6) is 0 Å². The largest absolute Gasteiger partial charge is 0.356 e. The molecule has 3 aliphatic rings. The number of nitrogens with one attached hydrogen (secondary N) is 2. The number of hydrogen-bond donors (Lipinski definition) is 2. The third-order valence-corrected chi connectivity index (χ3v) is 5.88. The van der Waals surface area contributed by atoms with E-state index in [1.165, 1.54) is 0 Å². The Morgan fingerprint density at radius 2 is 1.67 bits per heavy atom. The summed E-state index contributed by atoms with van der Waals surface area (Å²) in [5, 5.41) is 5.86. The van der Waals surface area contributed by atoms with E-state index in [1.54, 1.807) is 24.3 Å². The Bertz CT molecular complexity index is 1050. The summed E-state index contributed by atoms with van der Waals surface area (Å²) >= 11 is 0. The number of hydrogen-bond acceptors (Lipinski definition) is 5. The molecule has 3 heterocycles. The number of para-hydroxylation sites is 2. The molecule has 0 spiro atoms. The molecule has 2 N–H and O–H groups in total. The number of rotatable bonds is 4. The highest BCUT2D eigenvalue weighted by molar-refractivity contribution is 6.21. The summed E-state index contributed by atoms with van der Waals surface area (Å²) in [7, 11) is 0. The van der Waals surface area contributed by atoms with Crippen molar-refractivity contribution in [2.45, 2.75) is 24.9 Å². The van der Waals surface area contributed by atoms with Gasteiger partial charge in [-0.15, -0.1) is 0 Å². The van der Waals surface area contributed by atoms with Crippen LogP contribution in [0, 0.1) is 0 Å². The van der Waals surface area contributed by atoms with Crippen LogP contribution in [0.1, 0.15) is 33.6 Å². The zero-order chi connectivity index (χ0) is 20.8. The van der Waals surface area contributed by atoms with Gasteiger partial charge in [0.1, 0.15) is 6.04 Å². The number of amides is 4. The third kappa shape index (κ3) is 2.92. The average molecular weight is 404 g/mol. The predicted molar refractivity (Wildman–Crippen MR) is 109 cm³/mol. The van der Waals surface area contributed by atoms with Gasteiger partial charge < -0.3 is 15.5 Å². The van der Waals surface area contributed by atoms with Gasteiger partial charge in [0.05, 0.1) is 22.5 Å². The van der Waals surface area contributed by atoms with E-state index in [9.17, 15) is 19.2 Å². The quantitative estimate of drug-likeness (QED) is 0.751. The first-order valence-corrected chi connectivity index (χ1v) is 9.94. The molecule has 3 aliphatic heterocycles. The Morgan fingerprint density at radius 3 is 2.40 bits per heavy atom. The lowest BCUT2D eigenvalue weighted by atomic mass is 10.1. The lowest BCUT2D eigenvalue weighted by Crippen LogP contribution is -2.44. The number of fused-ring (bicyclic) bond motifs is 4.